The summed E-state index contributed by atoms with van der Waals surface area (Å²) in [5, 5.41) is 40.9. The zero-order chi connectivity index (χ0) is 36.6. The second-order valence-electron chi connectivity index (χ2n) is 13.4. The molecule has 8 rings (SSSR count). The van der Waals surface area contributed by atoms with Crippen LogP contribution in [0, 0.1) is 47.3 Å². The van der Waals surface area contributed by atoms with Crippen molar-refractivity contribution < 1.29 is 9.59 Å². The molecule has 0 saturated heterocycles. The lowest BCUT2D eigenvalue weighted by molar-refractivity contribution is -0.125. The Balaban J connectivity index is 0.000000162. The van der Waals surface area contributed by atoms with Gasteiger partial charge >= 0.3 is 0 Å². The molecule has 0 spiro atoms. The molecule has 4 heterocycles. The second kappa shape index (κ2) is 14.1. The van der Waals surface area contributed by atoms with E-state index in [0.717, 1.165) is 32.0 Å². The molecule has 0 radical (unpaired) electrons. The summed E-state index contributed by atoms with van der Waals surface area (Å²) < 4.78 is 0. The average molecular weight is 761 g/mol. The summed E-state index contributed by atoms with van der Waals surface area (Å²) in [6.45, 7) is 8.12. The zero-order valence-electron chi connectivity index (χ0n) is 28.6. The SMILES string of the molecule is Cc1ccc([C@@H]2c3cc(C#N)ccc3C[C@]2(C)C(=O)Nc2nncs2)s1.Cc1ccc([C@H]2c3cc(C#N)ccc3C[C@@]2(C)C(=O)Nc2nncs2)s1. The summed E-state index contributed by atoms with van der Waals surface area (Å²) in [6, 6.07) is 24.2. The van der Waals surface area contributed by atoms with Crippen LogP contribution in [0.2, 0.25) is 0 Å². The highest BCUT2D eigenvalue weighted by atomic mass is 32.1. The number of aromatic nitrogens is 4. The fourth-order valence-electron chi connectivity index (χ4n) is 7.38. The van der Waals surface area contributed by atoms with E-state index in [2.05, 4.69) is 81.3 Å². The van der Waals surface area contributed by atoms with Gasteiger partial charge in [0.1, 0.15) is 11.0 Å². The van der Waals surface area contributed by atoms with E-state index in [1.807, 2.05) is 50.2 Å². The maximum Gasteiger partial charge on any atom is 0.233 e. The first-order valence-electron chi connectivity index (χ1n) is 16.4. The maximum atomic E-state index is 13.2. The van der Waals surface area contributed by atoms with E-state index in [0.29, 0.717) is 34.2 Å². The van der Waals surface area contributed by atoms with E-state index in [4.69, 9.17) is 0 Å². The highest BCUT2D eigenvalue weighted by Gasteiger charge is 2.51. The van der Waals surface area contributed by atoms with Crippen molar-refractivity contribution in [3.63, 3.8) is 0 Å². The third kappa shape index (κ3) is 6.55. The Labute approximate surface area is 316 Å². The molecule has 14 heteroatoms. The van der Waals surface area contributed by atoms with Crippen molar-refractivity contribution in [3.8, 4) is 12.1 Å². The molecule has 0 fully saturated rings. The molecule has 0 unspecified atom stereocenters. The van der Waals surface area contributed by atoms with Crippen LogP contribution in [0.5, 0.6) is 0 Å². The number of fused-ring (bicyclic) bond motifs is 2. The van der Waals surface area contributed by atoms with Crippen molar-refractivity contribution >= 4 is 67.4 Å². The summed E-state index contributed by atoms with van der Waals surface area (Å²) >= 11 is 6.01. The Bertz CT molecular complexity index is 2200. The van der Waals surface area contributed by atoms with E-state index < -0.39 is 10.8 Å². The lowest BCUT2D eigenvalue weighted by atomic mass is 9.76. The van der Waals surface area contributed by atoms with E-state index in [-0.39, 0.29) is 23.7 Å². The number of carbonyl (C=O) groups is 2. The second-order valence-corrected chi connectivity index (χ2v) is 17.7. The van der Waals surface area contributed by atoms with Crippen molar-refractivity contribution in [3.05, 3.63) is 125 Å². The molecule has 2 aliphatic rings. The maximum absolute atomic E-state index is 13.2. The molecule has 10 nitrogen and oxygen atoms in total. The van der Waals surface area contributed by atoms with Crippen LogP contribution in [0.25, 0.3) is 0 Å². The smallest absolute Gasteiger partial charge is 0.233 e. The molecule has 2 N–H and O–H groups in total. The Morgan fingerprint density at radius 2 is 1.12 bits per heavy atom. The van der Waals surface area contributed by atoms with Gasteiger partial charge in [0.2, 0.25) is 22.1 Å². The van der Waals surface area contributed by atoms with E-state index >= 15 is 0 Å². The number of thiophene rings is 2. The lowest BCUT2D eigenvalue weighted by Gasteiger charge is -2.29. The topological polar surface area (TPSA) is 157 Å². The third-order valence-electron chi connectivity index (χ3n) is 9.85. The number of hydrogen-bond acceptors (Lipinski definition) is 12. The van der Waals surface area contributed by atoms with Gasteiger partial charge in [0.15, 0.2) is 0 Å². The minimum Gasteiger partial charge on any atom is -0.300 e. The highest BCUT2D eigenvalue weighted by molar-refractivity contribution is 7.14. The molecule has 6 aromatic rings. The normalized spacial score (nSPS) is 21.2. The molecule has 0 aliphatic heterocycles. The molecule has 4 atom stereocenters. The Morgan fingerprint density at radius 3 is 1.44 bits per heavy atom. The predicted molar refractivity (Wildman–Crippen MR) is 205 cm³/mol. The molecular weight excluding hydrogens is 729 g/mol. The van der Waals surface area contributed by atoms with Crippen molar-refractivity contribution in [1.29, 1.82) is 10.5 Å². The van der Waals surface area contributed by atoms with Crippen molar-refractivity contribution in [2.75, 3.05) is 10.6 Å². The van der Waals surface area contributed by atoms with Crippen LogP contribution in [0.3, 0.4) is 0 Å². The standard InChI is InChI=1S/2C19H16N4OS2/c2*1-11-3-6-15(26-11)16-14-7-12(9-20)4-5-13(14)8-19(16,2)17(24)22-18-23-21-10-25-18/h2*3-7,10,16H,8H2,1-2H3,(H,22,23,24)/t2*16-,19-/m10/s1. The summed E-state index contributed by atoms with van der Waals surface area (Å²) in [7, 11) is 0. The van der Waals surface area contributed by atoms with Gasteiger partial charge in [-0.2, -0.15) is 10.5 Å². The molecule has 2 aliphatic carbocycles. The first kappa shape index (κ1) is 35.3. The van der Waals surface area contributed by atoms with Gasteiger partial charge in [-0.1, -0.05) is 34.8 Å². The van der Waals surface area contributed by atoms with Crippen molar-refractivity contribution in [2.24, 2.45) is 10.8 Å². The Morgan fingerprint density at radius 1 is 0.692 bits per heavy atom. The Hall–Kier alpha value is -5.12. The van der Waals surface area contributed by atoms with Crippen LogP contribution in [0.1, 0.15) is 78.6 Å². The lowest BCUT2D eigenvalue weighted by Crippen LogP contribution is -2.37. The van der Waals surface area contributed by atoms with Gasteiger partial charge in [0, 0.05) is 31.3 Å². The number of nitriles is 2. The fraction of sp³-hybridized carbons (Fsp3) is 0.263. The minimum absolute atomic E-state index is 0.0694. The first-order chi connectivity index (χ1) is 25.0. The van der Waals surface area contributed by atoms with Gasteiger partial charge in [-0.3, -0.25) is 9.59 Å². The average Bonchev–Trinajstić information content (AvgIpc) is 3.99. The first-order valence-corrected chi connectivity index (χ1v) is 19.8. The van der Waals surface area contributed by atoms with E-state index in [1.54, 1.807) is 33.7 Å². The van der Waals surface area contributed by atoms with Crippen LogP contribution in [0.15, 0.2) is 71.7 Å². The van der Waals surface area contributed by atoms with Gasteiger partial charge in [0.25, 0.3) is 0 Å². The summed E-state index contributed by atoms with van der Waals surface area (Å²) in [5.74, 6) is -0.310. The van der Waals surface area contributed by atoms with Crippen LogP contribution in [0.4, 0.5) is 10.3 Å². The monoisotopic (exact) mass is 760 g/mol. The number of carbonyl (C=O) groups excluding carboxylic acids is 2. The van der Waals surface area contributed by atoms with Gasteiger partial charge < -0.3 is 10.6 Å². The minimum atomic E-state index is -0.653. The molecule has 2 amide bonds. The number of nitrogens with zero attached hydrogens (tertiary/aromatic N) is 6. The summed E-state index contributed by atoms with van der Waals surface area (Å²) in [5.41, 5.74) is 7.51. The number of benzene rings is 2. The molecule has 260 valence electrons. The molecule has 4 aromatic heterocycles. The van der Waals surface area contributed by atoms with Crippen molar-refractivity contribution in [2.45, 2.75) is 52.4 Å². The van der Waals surface area contributed by atoms with Crippen LogP contribution in [-0.2, 0) is 22.4 Å². The third-order valence-corrected chi connectivity index (χ3v) is 13.2. The van der Waals surface area contributed by atoms with Crippen LogP contribution in [-0.4, -0.2) is 32.2 Å². The van der Waals surface area contributed by atoms with Crippen molar-refractivity contribution in [1.82, 2.24) is 20.4 Å². The molecular formula is C38H32N8O2S4. The zero-order valence-corrected chi connectivity index (χ0v) is 31.9. The molecule has 0 bridgehead atoms. The summed E-state index contributed by atoms with van der Waals surface area (Å²) in [6.07, 6.45) is 1.25. The number of anilines is 2. The van der Waals surface area contributed by atoms with Gasteiger partial charge in [0.05, 0.1) is 34.1 Å². The van der Waals surface area contributed by atoms with Gasteiger partial charge in [-0.15, -0.1) is 43.1 Å². The summed E-state index contributed by atoms with van der Waals surface area (Å²) in [4.78, 5) is 31.1. The molecule has 2 aromatic carbocycles. The number of rotatable bonds is 6. The van der Waals surface area contributed by atoms with Crippen LogP contribution >= 0.6 is 45.3 Å². The largest absolute Gasteiger partial charge is 0.300 e. The van der Waals surface area contributed by atoms with E-state index in [1.165, 1.54) is 32.4 Å². The van der Waals surface area contributed by atoms with Crippen LogP contribution < -0.4 is 10.6 Å². The predicted octanol–water partition coefficient (Wildman–Crippen LogP) is 8.23. The fourth-order valence-corrected chi connectivity index (χ4v) is 10.6. The highest BCUT2D eigenvalue weighted by Crippen LogP contribution is 2.54. The number of amides is 2. The van der Waals surface area contributed by atoms with Gasteiger partial charge in [-0.25, -0.2) is 0 Å². The quantitative estimate of drug-likeness (QED) is 0.172. The molecule has 52 heavy (non-hydrogen) atoms. The number of hydrogen-bond donors (Lipinski definition) is 2. The number of nitrogens with one attached hydrogen (secondary N) is 2. The molecule has 0 saturated carbocycles. The van der Waals surface area contributed by atoms with Gasteiger partial charge in [-0.05, 0) is 111 Å². The van der Waals surface area contributed by atoms with E-state index in [9.17, 15) is 20.1 Å². The Kier molecular flexibility index (Phi) is 9.59. The number of aryl methyl sites for hydroxylation is 2.